The van der Waals surface area contributed by atoms with Crippen LogP contribution in [0.4, 0.5) is 5.82 Å². The lowest BCUT2D eigenvalue weighted by Gasteiger charge is -2.17. The number of aromatic nitrogens is 2. The van der Waals surface area contributed by atoms with Crippen LogP contribution in [0.5, 0.6) is 0 Å². The molecule has 2 aromatic heterocycles. The highest BCUT2D eigenvalue weighted by Crippen LogP contribution is 2.39. The molecule has 3 rings (SSSR count). The Morgan fingerprint density at radius 1 is 1.28 bits per heavy atom. The SMILES string of the molecule is CSc1nc(NC(CCC(=O)O)C(=O)O)c2c3c(sc2n1)CCCC3. The van der Waals surface area contributed by atoms with Crippen LogP contribution in [0.1, 0.15) is 36.1 Å². The van der Waals surface area contributed by atoms with Crippen molar-refractivity contribution in [2.45, 2.75) is 49.7 Å². The lowest BCUT2D eigenvalue weighted by Crippen LogP contribution is -2.30. The normalized spacial score (nSPS) is 14.9. The maximum Gasteiger partial charge on any atom is 0.326 e. The summed E-state index contributed by atoms with van der Waals surface area (Å²) in [4.78, 5) is 33.6. The summed E-state index contributed by atoms with van der Waals surface area (Å²) in [5.41, 5.74) is 1.21. The minimum absolute atomic E-state index is 0.00289. The standard InChI is InChI=1S/C16H19N3O4S2/c1-24-16-18-13(17-9(15(22)23)6-7-11(20)21)12-8-4-2-3-5-10(8)25-14(12)19-16/h9H,2-7H2,1H3,(H,20,21)(H,22,23)(H,17,18,19). The summed E-state index contributed by atoms with van der Waals surface area (Å²) in [6, 6.07) is -0.997. The molecule has 2 heterocycles. The van der Waals surface area contributed by atoms with Gasteiger partial charge >= 0.3 is 11.9 Å². The number of carboxylic acid groups (broad SMARTS) is 2. The van der Waals surface area contributed by atoms with Gasteiger partial charge in [-0.25, -0.2) is 14.8 Å². The predicted octanol–water partition coefficient (Wildman–Crippen LogP) is 3.02. The number of thiophene rings is 1. The molecule has 2 aromatic rings. The second-order valence-corrected chi connectivity index (χ2v) is 7.77. The molecule has 1 unspecified atom stereocenters. The summed E-state index contributed by atoms with van der Waals surface area (Å²) >= 11 is 3.05. The summed E-state index contributed by atoms with van der Waals surface area (Å²) in [6.45, 7) is 0. The third kappa shape index (κ3) is 3.87. The number of carbonyl (C=O) groups is 2. The number of hydrogen-bond acceptors (Lipinski definition) is 7. The van der Waals surface area contributed by atoms with E-state index in [2.05, 4.69) is 15.3 Å². The highest BCUT2D eigenvalue weighted by Gasteiger charge is 2.25. The Kier molecular flexibility index (Phi) is 5.43. The van der Waals surface area contributed by atoms with Crippen molar-refractivity contribution >= 4 is 51.1 Å². The van der Waals surface area contributed by atoms with Crippen LogP contribution in [0, 0.1) is 0 Å². The highest BCUT2D eigenvalue weighted by molar-refractivity contribution is 7.98. The molecule has 0 spiro atoms. The van der Waals surface area contributed by atoms with E-state index in [0.29, 0.717) is 11.0 Å². The maximum atomic E-state index is 11.5. The number of aliphatic carboxylic acids is 2. The number of rotatable bonds is 7. The van der Waals surface area contributed by atoms with Gasteiger partial charge in [0.25, 0.3) is 0 Å². The molecule has 0 saturated carbocycles. The third-order valence-corrected chi connectivity index (χ3v) is 5.97. The summed E-state index contributed by atoms with van der Waals surface area (Å²) in [7, 11) is 0. The van der Waals surface area contributed by atoms with E-state index in [-0.39, 0.29) is 12.8 Å². The van der Waals surface area contributed by atoms with E-state index < -0.39 is 18.0 Å². The highest BCUT2D eigenvalue weighted by atomic mass is 32.2. The fraction of sp³-hybridized carbons (Fsp3) is 0.500. The topological polar surface area (TPSA) is 112 Å². The number of thioether (sulfide) groups is 1. The van der Waals surface area contributed by atoms with Gasteiger partial charge in [0.1, 0.15) is 16.7 Å². The minimum atomic E-state index is -1.08. The third-order valence-electron chi connectivity index (χ3n) is 4.23. The molecule has 0 aromatic carbocycles. The average Bonchev–Trinajstić information content (AvgIpc) is 2.96. The summed E-state index contributed by atoms with van der Waals surface area (Å²) in [6.07, 6.45) is 5.88. The molecule has 7 nitrogen and oxygen atoms in total. The summed E-state index contributed by atoms with van der Waals surface area (Å²) in [5.74, 6) is -1.59. The number of anilines is 1. The first-order valence-electron chi connectivity index (χ1n) is 8.07. The van der Waals surface area contributed by atoms with Crippen LogP contribution in [-0.4, -0.2) is 44.4 Å². The quantitative estimate of drug-likeness (QED) is 0.495. The van der Waals surface area contributed by atoms with E-state index >= 15 is 0 Å². The molecule has 0 radical (unpaired) electrons. The molecule has 0 aliphatic heterocycles. The monoisotopic (exact) mass is 381 g/mol. The Morgan fingerprint density at radius 3 is 2.72 bits per heavy atom. The number of nitrogens with zero attached hydrogens (tertiary/aromatic N) is 2. The number of fused-ring (bicyclic) bond motifs is 3. The number of hydrogen-bond donors (Lipinski definition) is 3. The van der Waals surface area contributed by atoms with Crippen molar-refractivity contribution < 1.29 is 19.8 Å². The summed E-state index contributed by atoms with van der Waals surface area (Å²) in [5, 5.41) is 22.7. The van der Waals surface area contributed by atoms with Crippen molar-refractivity contribution in [2.24, 2.45) is 0 Å². The van der Waals surface area contributed by atoms with E-state index in [0.717, 1.165) is 35.9 Å². The first-order chi connectivity index (χ1) is 12.0. The van der Waals surface area contributed by atoms with Crippen LogP contribution in [0.2, 0.25) is 0 Å². The first kappa shape index (κ1) is 17.9. The zero-order chi connectivity index (χ0) is 18.0. The van der Waals surface area contributed by atoms with Gasteiger partial charge in [-0.15, -0.1) is 11.3 Å². The van der Waals surface area contributed by atoms with Gasteiger partial charge in [0, 0.05) is 11.3 Å². The van der Waals surface area contributed by atoms with Crippen molar-refractivity contribution in [2.75, 3.05) is 11.6 Å². The lowest BCUT2D eigenvalue weighted by molar-refractivity contribution is -0.139. The molecule has 9 heteroatoms. The first-order valence-corrected chi connectivity index (χ1v) is 10.1. The van der Waals surface area contributed by atoms with Gasteiger partial charge in [0.05, 0.1) is 5.39 Å². The van der Waals surface area contributed by atoms with Crippen LogP contribution in [0.3, 0.4) is 0 Å². The second kappa shape index (κ2) is 7.57. The van der Waals surface area contributed by atoms with Gasteiger partial charge < -0.3 is 15.5 Å². The number of carboxylic acids is 2. The molecule has 1 aliphatic carbocycles. The van der Waals surface area contributed by atoms with Crippen LogP contribution < -0.4 is 5.32 Å². The zero-order valence-corrected chi connectivity index (χ0v) is 15.4. The largest absolute Gasteiger partial charge is 0.481 e. The average molecular weight is 381 g/mol. The van der Waals surface area contributed by atoms with Gasteiger partial charge in [-0.05, 0) is 43.9 Å². The van der Waals surface area contributed by atoms with Crippen molar-refractivity contribution in [3.8, 4) is 0 Å². The van der Waals surface area contributed by atoms with Crippen molar-refractivity contribution in [1.29, 1.82) is 0 Å². The predicted molar refractivity (Wildman–Crippen MR) is 97.8 cm³/mol. The Morgan fingerprint density at radius 2 is 2.04 bits per heavy atom. The van der Waals surface area contributed by atoms with Gasteiger partial charge in [0.15, 0.2) is 5.16 Å². The van der Waals surface area contributed by atoms with Crippen molar-refractivity contribution in [1.82, 2.24) is 9.97 Å². The van der Waals surface area contributed by atoms with E-state index in [1.54, 1.807) is 11.3 Å². The van der Waals surface area contributed by atoms with Crippen LogP contribution in [0.15, 0.2) is 5.16 Å². The molecule has 1 atom stereocenters. The smallest absolute Gasteiger partial charge is 0.326 e. The van der Waals surface area contributed by atoms with Crippen LogP contribution >= 0.6 is 23.1 Å². The van der Waals surface area contributed by atoms with Gasteiger partial charge in [-0.1, -0.05) is 11.8 Å². The van der Waals surface area contributed by atoms with E-state index in [1.165, 1.54) is 22.2 Å². The van der Waals surface area contributed by atoms with Crippen LogP contribution in [0.25, 0.3) is 10.2 Å². The molecule has 3 N–H and O–H groups in total. The minimum Gasteiger partial charge on any atom is -0.481 e. The fourth-order valence-electron chi connectivity index (χ4n) is 3.02. The fourth-order valence-corrected chi connectivity index (χ4v) is 4.71. The molecule has 0 fully saturated rings. The van der Waals surface area contributed by atoms with Crippen molar-refractivity contribution in [3.63, 3.8) is 0 Å². The lowest BCUT2D eigenvalue weighted by atomic mass is 9.97. The molecule has 0 bridgehead atoms. The molecular formula is C16H19N3O4S2. The second-order valence-electron chi connectivity index (χ2n) is 5.92. The zero-order valence-electron chi connectivity index (χ0n) is 13.7. The molecule has 1 aliphatic rings. The summed E-state index contributed by atoms with van der Waals surface area (Å²) < 4.78 is 0. The van der Waals surface area contributed by atoms with Gasteiger partial charge in [-0.2, -0.15) is 0 Å². The maximum absolute atomic E-state index is 11.5. The molecule has 134 valence electrons. The number of aryl methyl sites for hydroxylation is 2. The van der Waals surface area contributed by atoms with E-state index in [9.17, 15) is 14.7 Å². The Labute approximate surface area is 152 Å². The molecular weight excluding hydrogens is 362 g/mol. The molecule has 0 saturated heterocycles. The van der Waals surface area contributed by atoms with Crippen LogP contribution in [-0.2, 0) is 22.4 Å². The van der Waals surface area contributed by atoms with E-state index in [1.807, 2.05) is 6.26 Å². The van der Waals surface area contributed by atoms with Crippen molar-refractivity contribution in [3.05, 3.63) is 10.4 Å². The number of nitrogens with one attached hydrogen (secondary N) is 1. The van der Waals surface area contributed by atoms with Gasteiger partial charge in [0.2, 0.25) is 0 Å². The Balaban J connectivity index is 2.02. The Hall–Kier alpha value is -1.87. The molecule has 0 amide bonds. The van der Waals surface area contributed by atoms with E-state index in [4.69, 9.17) is 5.11 Å². The Bertz CT molecular complexity index is 821. The van der Waals surface area contributed by atoms with Gasteiger partial charge in [-0.3, -0.25) is 4.79 Å². The molecule has 25 heavy (non-hydrogen) atoms.